The van der Waals surface area contributed by atoms with Crippen molar-refractivity contribution in [2.24, 2.45) is 5.73 Å². The van der Waals surface area contributed by atoms with E-state index in [1.807, 2.05) is 6.07 Å². The number of nitrogens with two attached hydrogens (primary N) is 1. The van der Waals surface area contributed by atoms with Crippen molar-refractivity contribution >= 4 is 67.3 Å². The Balaban J connectivity index is 2.39. The molecule has 3 N–H and O–H groups in total. The molecule has 0 bridgehead atoms. The fourth-order valence-corrected chi connectivity index (χ4v) is 2.89. The SMILES string of the molecule is NC(=S)c1c(F)cccc1NC(=O)c1cc(Br)ccc1I. The summed E-state index contributed by atoms with van der Waals surface area (Å²) in [6, 6.07) is 9.61. The van der Waals surface area contributed by atoms with Crippen LogP contribution in [0.3, 0.4) is 0 Å². The molecule has 0 heterocycles. The van der Waals surface area contributed by atoms with E-state index in [9.17, 15) is 9.18 Å². The van der Waals surface area contributed by atoms with Gasteiger partial charge >= 0.3 is 0 Å². The first-order valence-corrected chi connectivity index (χ1v) is 8.03. The second kappa shape index (κ2) is 6.80. The van der Waals surface area contributed by atoms with Crippen molar-refractivity contribution in [3.05, 3.63) is 61.4 Å². The van der Waals surface area contributed by atoms with Crippen molar-refractivity contribution in [1.29, 1.82) is 0 Å². The Morgan fingerprint density at radius 3 is 2.71 bits per heavy atom. The largest absolute Gasteiger partial charge is 0.389 e. The third-order valence-electron chi connectivity index (χ3n) is 2.68. The van der Waals surface area contributed by atoms with Crippen molar-refractivity contribution in [1.82, 2.24) is 0 Å². The Morgan fingerprint density at radius 1 is 1.33 bits per heavy atom. The Kier molecular flexibility index (Phi) is 5.28. The zero-order chi connectivity index (χ0) is 15.6. The van der Waals surface area contributed by atoms with E-state index >= 15 is 0 Å². The Hall–Kier alpha value is -1.06. The lowest BCUT2D eigenvalue weighted by Crippen LogP contribution is -2.19. The fraction of sp³-hybridized carbons (Fsp3) is 0. The van der Waals surface area contributed by atoms with Gasteiger partial charge in [-0.05, 0) is 52.9 Å². The average molecular weight is 479 g/mol. The Morgan fingerprint density at radius 2 is 2.05 bits per heavy atom. The van der Waals surface area contributed by atoms with Gasteiger partial charge in [0.05, 0.1) is 16.8 Å². The summed E-state index contributed by atoms with van der Waals surface area (Å²) in [6.07, 6.45) is 0. The van der Waals surface area contributed by atoms with Crippen molar-refractivity contribution in [2.75, 3.05) is 5.32 Å². The first-order valence-electron chi connectivity index (χ1n) is 5.75. The minimum absolute atomic E-state index is 0.0332. The van der Waals surface area contributed by atoms with E-state index in [0.29, 0.717) is 5.56 Å². The van der Waals surface area contributed by atoms with Crippen LogP contribution >= 0.6 is 50.7 Å². The number of hydrogen-bond acceptors (Lipinski definition) is 2. The van der Waals surface area contributed by atoms with Gasteiger partial charge in [0.2, 0.25) is 0 Å². The second-order valence-electron chi connectivity index (χ2n) is 4.10. The molecule has 0 spiro atoms. The summed E-state index contributed by atoms with van der Waals surface area (Å²) in [4.78, 5) is 12.2. The van der Waals surface area contributed by atoms with E-state index in [1.54, 1.807) is 18.2 Å². The van der Waals surface area contributed by atoms with Crippen LogP contribution in [-0.2, 0) is 0 Å². The van der Waals surface area contributed by atoms with Crippen LogP contribution in [0.5, 0.6) is 0 Å². The molecule has 1 amide bonds. The summed E-state index contributed by atoms with van der Waals surface area (Å²) < 4.78 is 15.3. The summed E-state index contributed by atoms with van der Waals surface area (Å²) in [5.41, 5.74) is 6.28. The van der Waals surface area contributed by atoms with Crippen LogP contribution in [0.25, 0.3) is 0 Å². The zero-order valence-electron chi connectivity index (χ0n) is 10.5. The van der Waals surface area contributed by atoms with E-state index in [2.05, 4.69) is 43.8 Å². The first-order chi connectivity index (χ1) is 9.90. The standard InChI is InChI=1S/C14H9BrFIN2OS/c15-7-4-5-10(17)8(6-7)14(20)19-11-3-1-2-9(16)12(11)13(18)21/h1-6H,(H2,18,21)(H,19,20). The summed E-state index contributed by atoms with van der Waals surface area (Å²) in [7, 11) is 0. The van der Waals surface area contributed by atoms with Crippen molar-refractivity contribution in [3.8, 4) is 0 Å². The maximum Gasteiger partial charge on any atom is 0.256 e. The lowest BCUT2D eigenvalue weighted by atomic mass is 10.1. The molecule has 0 saturated heterocycles. The van der Waals surface area contributed by atoms with Crippen LogP contribution in [0.2, 0.25) is 0 Å². The molecule has 3 nitrogen and oxygen atoms in total. The second-order valence-corrected chi connectivity index (χ2v) is 6.62. The van der Waals surface area contributed by atoms with E-state index in [-0.39, 0.29) is 22.1 Å². The lowest BCUT2D eigenvalue weighted by molar-refractivity contribution is 0.102. The third-order valence-corrected chi connectivity index (χ3v) is 4.32. The predicted octanol–water partition coefficient (Wildman–Crippen LogP) is 4.08. The fourth-order valence-electron chi connectivity index (χ4n) is 1.74. The summed E-state index contributed by atoms with van der Waals surface area (Å²) >= 11 is 10.2. The van der Waals surface area contributed by atoms with Gasteiger partial charge in [-0.15, -0.1) is 0 Å². The molecule has 2 aromatic rings. The summed E-state index contributed by atoms with van der Waals surface area (Å²) in [5.74, 6) is -0.923. The number of rotatable bonds is 3. The number of benzene rings is 2. The van der Waals surface area contributed by atoms with Gasteiger partial charge in [0.25, 0.3) is 5.91 Å². The van der Waals surface area contributed by atoms with Crippen LogP contribution in [0.15, 0.2) is 40.9 Å². The van der Waals surface area contributed by atoms with Crippen molar-refractivity contribution < 1.29 is 9.18 Å². The van der Waals surface area contributed by atoms with Gasteiger partial charge in [-0.25, -0.2) is 4.39 Å². The van der Waals surface area contributed by atoms with E-state index < -0.39 is 5.82 Å². The van der Waals surface area contributed by atoms with Gasteiger partial charge in [-0.3, -0.25) is 4.79 Å². The molecule has 0 aliphatic heterocycles. The van der Waals surface area contributed by atoms with Gasteiger partial charge in [-0.1, -0.05) is 34.2 Å². The number of carbonyl (C=O) groups is 1. The molecule has 0 aliphatic carbocycles. The van der Waals surface area contributed by atoms with Gasteiger partial charge in [0, 0.05) is 8.04 Å². The van der Waals surface area contributed by atoms with Crippen LogP contribution in [0.1, 0.15) is 15.9 Å². The molecular formula is C14H9BrFIN2OS. The number of hydrogen-bond donors (Lipinski definition) is 2. The predicted molar refractivity (Wildman–Crippen MR) is 97.1 cm³/mol. The summed E-state index contributed by atoms with van der Waals surface area (Å²) in [6.45, 7) is 0. The lowest BCUT2D eigenvalue weighted by Gasteiger charge is -2.12. The highest BCUT2D eigenvalue weighted by molar-refractivity contribution is 14.1. The smallest absolute Gasteiger partial charge is 0.256 e. The topological polar surface area (TPSA) is 55.1 Å². The molecule has 0 saturated carbocycles. The molecule has 7 heteroatoms. The molecule has 2 aromatic carbocycles. The molecule has 0 fully saturated rings. The Labute approximate surface area is 148 Å². The number of halogens is 3. The van der Waals surface area contributed by atoms with Gasteiger partial charge in [0.15, 0.2) is 0 Å². The number of thiocarbonyl (C=S) groups is 1. The summed E-state index contributed by atoms with van der Waals surface area (Å²) in [5, 5.41) is 2.64. The number of anilines is 1. The molecular weight excluding hydrogens is 470 g/mol. The highest BCUT2D eigenvalue weighted by Crippen LogP contribution is 2.23. The van der Waals surface area contributed by atoms with E-state index in [4.69, 9.17) is 18.0 Å². The molecule has 0 atom stereocenters. The van der Waals surface area contributed by atoms with Crippen LogP contribution in [-0.4, -0.2) is 10.9 Å². The minimum Gasteiger partial charge on any atom is -0.389 e. The Bertz CT molecular complexity index is 739. The first kappa shape index (κ1) is 16.3. The molecule has 108 valence electrons. The maximum absolute atomic E-state index is 13.8. The monoisotopic (exact) mass is 478 g/mol. The van der Waals surface area contributed by atoms with Crippen LogP contribution in [0.4, 0.5) is 10.1 Å². The highest BCUT2D eigenvalue weighted by Gasteiger charge is 2.16. The molecule has 0 unspecified atom stereocenters. The normalized spacial score (nSPS) is 10.2. The van der Waals surface area contributed by atoms with Crippen LogP contribution < -0.4 is 11.1 Å². The molecule has 2 rings (SSSR count). The van der Waals surface area contributed by atoms with Gasteiger partial charge < -0.3 is 11.1 Å². The average Bonchev–Trinajstić information content (AvgIpc) is 2.41. The highest BCUT2D eigenvalue weighted by atomic mass is 127. The quantitative estimate of drug-likeness (QED) is 0.516. The molecule has 0 radical (unpaired) electrons. The molecule has 0 aromatic heterocycles. The maximum atomic E-state index is 13.8. The van der Waals surface area contributed by atoms with Gasteiger partial charge in [0.1, 0.15) is 10.8 Å². The number of amides is 1. The van der Waals surface area contributed by atoms with E-state index in [0.717, 1.165) is 8.04 Å². The number of carbonyl (C=O) groups excluding carboxylic acids is 1. The number of nitrogens with one attached hydrogen (secondary N) is 1. The minimum atomic E-state index is -0.566. The van der Waals surface area contributed by atoms with Crippen molar-refractivity contribution in [3.63, 3.8) is 0 Å². The van der Waals surface area contributed by atoms with Gasteiger partial charge in [-0.2, -0.15) is 0 Å². The molecule has 21 heavy (non-hydrogen) atoms. The third kappa shape index (κ3) is 3.78. The molecule has 0 aliphatic rings. The van der Waals surface area contributed by atoms with Crippen molar-refractivity contribution in [2.45, 2.75) is 0 Å². The van der Waals surface area contributed by atoms with E-state index in [1.165, 1.54) is 12.1 Å². The zero-order valence-corrected chi connectivity index (χ0v) is 15.1. The van der Waals surface area contributed by atoms with Crippen LogP contribution in [0, 0.1) is 9.39 Å².